The summed E-state index contributed by atoms with van der Waals surface area (Å²) in [6, 6.07) is 5.87. The number of carbonyl (C=O) groups excluding carboxylic acids is 1. The predicted molar refractivity (Wildman–Crippen MR) is 86.0 cm³/mol. The van der Waals surface area contributed by atoms with Gasteiger partial charge in [-0.2, -0.15) is 5.10 Å². The van der Waals surface area contributed by atoms with Crippen molar-refractivity contribution in [2.24, 2.45) is 0 Å². The van der Waals surface area contributed by atoms with E-state index < -0.39 is 0 Å². The van der Waals surface area contributed by atoms with Crippen molar-refractivity contribution in [3.63, 3.8) is 0 Å². The monoisotopic (exact) mass is 320 g/mol. The summed E-state index contributed by atoms with van der Waals surface area (Å²) in [6.45, 7) is 2.55. The Balaban J connectivity index is 1.54. The molecule has 2 aromatic rings. The van der Waals surface area contributed by atoms with Crippen LogP contribution in [0.3, 0.4) is 0 Å². The maximum atomic E-state index is 12.2. The molecule has 3 heterocycles. The molecule has 0 bridgehead atoms. The Bertz CT molecular complexity index is 603. The molecule has 2 aromatic heterocycles. The number of likely N-dealkylation sites (tertiary alicyclic amines) is 1. The number of nitrogens with zero attached hydrogens (tertiary/aromatic N) is 3. The highest BCUT2D eigenvalue weighted by atomic mass is 32.1. The zero-order chi connectivity index (χ0) is 15.4. The highest BCUT2D eigenvalue weighted by Gasteiger charge is 2.19. The largest absolute Gasteiger partial charge is 0.393 e. The molecule has 0 unspecified atom stereocenters. The molecule has 3 rings (SSSR count). The number of hydrogen-bond donors (Lipinski definition) is 2. The standard InChI is InChI=1S/C15H20N4O2S/c20-12-4-7-18(8-5-12)11-15(21)17-14-3-6-16-19(14)10-13-2-1-9-22-13/h1-3,6,9,12,20H,4-5,7-8,10-11H2,(H,17,21). The van der Waals surface area contributed by atoms with Gasteiger partial charge in [-0.3, -0.25) is 9.69 Å². The number of anilines is 1. The zero-order valence-corrected chi connectivity index (χ0v) is 13.1. The molecule has 0 radical (unpaired) electrons. The molecule has 6 nitrogen and oxygen atoms in total. The number of carbonyl (C=O) groups is 1. The second kappa shape index (κ2) is 7.04. The second-order valence-corrected chi connectivity index (χ2v) is 6.54. The molecular formula is C15H20N4O2S. The van der Waals surface area contributed by atoms with Crippen molar-refractivity contribution in [1.29, 1.82) is 0 Å². The maximum absolute atomic E-state index is 12.2. The second-order valence-electron chi connectivity index (χ2n) is 5.51. The summed E-state index contributed by atoms with van der Waals surface area (Å²) in [5.41, 5.74) is 0. The molecule has 1 saturated heterocycles. The number of thiophene rings is 1. The van der Waals surface area contributed by atoms with Crippen molar-refractivity contribution in [2.75, 3.05) is 25.0 Å². The molecule has 118 valence electrons. The van der Waals surface area contributed by atoms with Gasteiger partial charge in [-0.25, -0.2) is 4.68 Å². The molecule has 0 atom stereocenters. The summed E-state index contributed by atoms with van der Waals surface area (Å²) in [7, 11) is 0. The van der Waals surface area contributed by atoms with E-state index in [1.54, 1.807) is 22.2 Å². The Morgan fingerprint density at radius 1 is 1.41 bits per heavy atom. The fourth-order valence-electron chi connectivity index (χ4n) is 2.58. The Morgan fingerprint density at radius 2 is 2.23 bits per heavy atom. The third-order valence-corrected chi connectivity index (χ3v) is 4.66. The lowest BCUT2D eigenvalue weighted by Gasteiger charge is -2.28. The minimum Gasteiger partial charge on any atom is -0.393 e. The van der Waals surface area contributed by atoms with E-state index in [0.717, 1.165) is 31.7 Å². The summed E-state index contributed by atoms with van der Waals surface area (Å²) in [5.74, 6) is 0.680. The quantitative estimate of drug-likeness (QED) is 0.873. The molecule has 0 spiro atoms. The van der Waals surface area contributed by atoms with Crippen LogP contribution in [0.4, 0.5) is 5.82 Å². The normalized spacial score (nSPS) is 16.8. The summed E-state index contributed by atoms with van der Waals surface area (Å²) >= 11 is 1.67. The first-order valence-corrected chi connectivity index (χ1v) is 8.33. The third-order valence-electron chi connectivity index (χ3n) is 3.79. The van der Waals surface area contributed by atoms with E-state index in [1.807, 2.05) is 17.5 Å². The van der Waals surface area contributed by atoms with Gasteiger partial charge in [-0.05, 0) is 24.3 Å². The first-order valence-electron chi connectivity index (χ1n) is 7.45. The van der Waals surface area contributed by atoms with Crippen molar-refractivity contribution < 1.29 is 9.90 Å². The van der Waals surface area contributed by atoms with Crippen LogP contribution in [0.2, 0.25) is 0 Å². The number of aliphatic hydroxyl groups excluding tert-OH is 1. The van der Waals surface area contributed by atoms with Gasteiger partial charge in [0.15, 0.2) is 0 Å². The minimum absolute atomic E-state index is 0.0377. The van der Waals surface area contributed by atoms with E-state index in [0.29, 0.717) is 13.1 Å². The molecule has 7 heteroatoms. The Kier molecular flexibility index (Phi) is 4.87. The van der Waals surface area contributed by atoms with Gasteiger partial charge < -0.3 is 10.4 Å². The fraction of sp³-hybridized carbons (Fsp3) is 0.467. The van der Waals surface area contributed by atoms with E-state index in [-0.39, 0.29) is 12.0 Å². The summed E-state index contributed by atoms with van der Waals surface area (Å²) in [5, 5.41) is 18.7. The number of rotatable bonds is 5. The number of nitrogens with one attached hydrogen (secondary N) is 1. The zero-order valence-electron chi connectivity index (χ0n) is 12.3. The topological polar surface area (TPSA) is 70.4 Å². The smallest absolute Gasteiger partial charge is 0.239 e. The van der Waals surface area contributed by atoms with Gasteiger partial charge in [0, 0.05) is 24.0 Å². The van der Waals surface area contributed by atoms with Crippen molar-refractivity contribution in [3.8, 4) is 0 Å². The van der Waals surface area contributed by atoms with Crippen LogP contribution in [0, 0.1) is 0 Å². The fourth-order valence-corrected chi connectivity index (χ4v) is 3.26. The van der Waals surface area contributed by atoms with Crippen LogP contribution in [-0.4, -0.2) is 51.4 Å². The SMILES string of the molecule is O=C(CN1CCC(O)CC1)Nc1ccnn1Cc1cccs1. The summed E-state index contributed by atoms with van der Waals surface area (Å²) in [6.07, 6.45) is 2.96. The van der Waals surface area contributed by atoms with Gasteiger partial charge in [0.1, 0.15) is 5.82 Å². The lowest BCUT2D eigenvalue weighted by molar-refractivity contribution is -0.117. The maximum Gasteiger partial charge on any atom is 0.239 e. The highest BCUT2D eigenvalue weighted by Crippen LogP contribution is 2.15. The molecule has 1 aliphatic rings. The van der Waals surface area contributed by atoms with E-state index in [9.17, 15) is 9.90 Å². The van der Waals surface area contributed by atoms with Crippen LogP contribution in [0.25, 0.3) is 0 Å². The van der Waals surface area contributed by atoms with E-state index in [2.05, 4.69) is 21.4 Å². The molecule has 1 amide bonds. The Hall–Kier alpha value is -1.70. The molecule has 22 heavy (non-hydrogen) atoms. The summed E-state index contributed by atoms with van der Waals surface area (Å²) < 4.78 is 1.80. The van der Waals surface area contributed by atoms with Crippen molar-refractivity contribution in [2.45, 2.75) is 25.5 Å². The lowest BCUT2D eigenvalue weighted by Crippen LogP contribution is -2.40. The molecule has 2 N–H and O–H groups in total. The van der Waals surface area contributed by atoms with Gasteiger partial charge >= 0.3 is 0 Å². The number of aliphatic hydroxyl groups is 1. The van der Waals surface area contributed by atoms with Crippen molar-refractivity contribution in [3.05, 3.63) is 34.7 Å². The molecule has 1 aliphatic heterocycles. The van der Waals surface area contributed by atoms with Crippen LogP contribution in [0.1, 0.15) is 17.7 Å². The van der Waals surface area contributed by atoms with Crippen molar-refractivity contribution in [1.82, 2.24) is 14.7 Å². The molecule has 0 aliphatic carbocycles. The number of hydrogen-bond acceptors (Lipinski definition) is 5. The Morgan fingerprint density at radius 3 is 2.95 bits per heavy atom. The Labute approximate surface area is 133 Å². The number of amides is 1. The van der Waals surface area contributed by atoms with Crippen LogP contribution >= 0.6 is 11.3 Å². The van der Waals surface area contributed by atoms with Crippen LogP contribution in [0.5, 0.6) is 0 Å². The van der Waals surface area contributed by atoms with Gasteiger partial charge in [0.2, 0.25) is 5.91 Å². The van der Waals surface area contributed by atoms with Gasteiger partial charge in [0.25, 0.3) is 0 Å². The van der Waals surface area contributed by atoms with E-state index >= 15 is 0 Å². The highest BCUT2D eigenvalue weighted by molar-refractivity contribution is 7.09. The minimum atomic E-state index is -0.216. The van der Waals surface area contributed by atoms with Gasteiger partial charge in [0.05, 0.1) is 25.4 Å². The van der Waals surface area contributed by atoms with Crippen LogP contribution in [0.15, 0.2) is 29.8 Å². The van der Waals surface area contributed by atoms with E-state index in [4.69, 9.17) is 0 Å². The van der Waals surface area contributed by atoms with Crippen molar-refractivity contribution >= 4 is 23.1 Å². The van der Waals surface area contributed by atoms with Crippen LogP contribution in [-0.2, 0) is 11.3 Å². The number of piperidine rings is 1. The molecule has 1 fully saturated rings. The third kappa shape index (κ3) is 3.94. The van der Waals surface area contributed by atoms with Gasteiger partial charge in [-0.1, -0.05) is 6.07 Å². The van der Waals surface area contributed by atoms with E-state index in [1.165, 1.54) is 4.88 Å². The first-order chi connectivity index (χ1) is 10.7. The average molecular weight is 320 g/mol. The molecule has 0 aromatic carbocycles. The number of aromatic nitrogens is 2. The predicted octanol–water partition coefficient (Wildman–Crippen LogP) is 1.39. The molecule has 0 saturated carbocycles. The lowest BCUT2D eigenvalue weighted by atomic mass is 10.1. The van der Waals surface area contributed by atoms with Gasteiger partial charge in [-0.15, -0.1) is 11.3 Å². The van der Waals surface area contributed by atoms with Crippen LogP contribution < -0.4 is 5.32 Å². The molecular weight excluding hydrogens is 300 g/mol. The summed E-state index contributed by atoms with van der Waals surface area (Å²) in [4.78, 5) is 15.4. The first kappa shape index (κ1) is 15.2. The average Bonchev–Trinajstić information content (AvgIpc) is 3.15.